The standard InChI is InChI=1S/C15H20ClNO3/c1-3-19-13-9-14(20-4-2)11(16)8-10(13)15(18)12-6-5-7-17-12/h8-9,12,17H,3-7H2,1-2H3. The van der Waals surface area contributed by atoms with Gasteiger partial charge in [0.05, 0.1) is 29.8 Å². The van der Waals surface area contributed by atoms with Crippen LogP contribution in [-0.2, 0) is 0 Å². The van der Waals surface area contributed by atoms with Gasteiger partial charge in [-0.1, -0.05) is 11.6 Å². The maximum atomic E-state index is 12.5. The zero-order valence-electron chi connectivity index (χ0n) is 11.9. The number of benzene rings is 1. The van der Waals surface area contributed by atoms with Gasteiger partial charge >= 0.3 is 0 Å². The van der Waals surface area contributed by atoms with Gasteiger partial charge in [0.2, 0.25) is 0 Å². The zero-order chi connectivity index (χ0) is 14.5. The number of rotatable bonds is 6. The number of ketones is 1. The fraction of sp³-hybridized carbons (Fsp3) is 0.533. The van der Waals surface area contributed by atoms with E-state index in [0.29, 0.717) is 35.3 Å². The number of carbonyl (C=O) groups is 1. The minimum absolute atomic E-state index is 0.0379. The third-order valence-electron chi connectivity index (χ3n) is 3.28. The lowest BCUT2D eigenvalue weighted by molar-refractivity contribution is 0.0948. The molecule has 0 saturated carbocycles. The minimum atomic E-state index is -0.136. The Bertz CT molecular complexity index is 484. The van der Waals surface area contributed by atoms with Crippen molar-refractivity contribution in [2.45, 2.75) is 32.7 Å². The van der Waals surface area contributed by atoms with Crippen LogP contribution in [0, 0.1) is 0 Å². The molecule has 0 bridgehead atoms. The summed E-state index contributed by atoms with van der Waals surface area (Å²) in [6, 6.07) is 3.22. The molecule has 2 rings (SSSR count). The second kappa shape index (κ2) is 6.95. The number of hydrogen-bond acceptors (Lipinski definition) is 4. The Kier molecular flexibility index (Phi) is 5.26. The molecule has 1 aromatic carbocycles. The molecule has 1 aromatic rings. The molecular formula is C15H20ClNO3. The van der Waals surface area contributed by atoms with Crippen molar-refractivity contribution in [3.63, 3.8) is 0 Å². The largest absolute Gasteiger partial charge is 0.493 e. The van der Waals surface area contributed by atoms with Crippen LogP contribution in [0.25, 0.3) is 0 Å². The normalized spacial score (nSPS) is 18.1. The Morgan fingerprint density at radius 1 is 1.30 bits per heavy atom. The van der Waals surface area contributed by atoms with Gasteiger partial charge < -0.3 is 14.8 Å². The molecule has 1 heterocycles. The fourth-order valence-electron chi connectivity index (χ4n) is 2.36. The maximum Gasteiger partial charge on any atom is 0.183 e. The number of carbonyl (C=O) groups excluding carboxylic acids is 1. The average molecular weight is 298 g/mol. The predicted octanol–water partition coefficient (Wildman–Crippen LogP) is 3.07. The summed E-state index contributed by atoms with van der Waals surface area (Å²) >= 11 is 6.18. The Labute approximate surface area is 124 Å². The van der Waals surface area contributed by atoms with Crippen LogP contribution in [0.5, 0.6) is 11.5 Å². The lowest BCUT2D eigenvalue weighted by Gasteiger charge is -2.16. The first-order valence-corrected chi connectivity index (χ1v) is 7.41. The van der Waals surface area contributed by atoms with E-state index in [9.17, 15) is 4.79 Å². The van der Waals surface area contributed by atoms with Crippen molar-refractivity contribution < 1.29 is 14.3 Å². The summed E-state index contributed by atoms with van der Waals surface area (Å²) in [7, 11) is 0. The van der Waals surface area contributed by atoms with Gasteiger partial charge in [-0.3, -0.25) is 4.79 Å². The van der Waals surface area contributed by atoms with Gasteiger partial charge in [0.1, 0.15) is 11.5 Å². The molecule has 0 aromatic heterocycles. The van der Waals surface area contributed by atoms with Gasteiger partial charge in [-0.15, -0.1) is 0 Å². The quantitative estimate of drug-likeness (QED) is 0.820. The molecule has 0 aliphatic carbocycles. The van der Waals surface area contributed by atoms with Crippen molar-refractivity contribution >= 4 is 17.4 Å². The first-order chi connectivity index (χ1) is 9.67. The van der Waals surface area contributed by atoms with Crippen LogP contribution in [-0.4, -0.2) is 31.6 Å². The predicted molar refractivity (Wildman–Crippen MR) is 79.1 cm³/mol. The number of ether oxygens (including phenoxy) is 2. The van der Waals surface area contributed by atoms with Gasteiger partial charge in [-0.2, -0.15) is 0 Å². The second-order valence-electron chi connectivity index (χ2n) is 4.66. The monoisotopic (exact) mass is 297 g/mol. The van der Waals surface area contributed by atoms with Crippen LogP contribution >= 0.6 is 11.6 Å². The molecule has 0 amide bonds. The van der Waals surface area contributed by atoms with E-state index in [0.717, 1.165) is 19.4 Å². The topological polar surface area (TPSA) is 47.6 Å². The average Bonchev–Trinajstić information content (AvgIpc) is 2.96. The summed E-state index contributed by atoms with van der Waals surface area (Å²) < 4.78 is 11.0. The molecule has 4 nitrogen and oxygen atoms in total. The molecule has 1 fully saturated rings. The van der Waals surface area contributed by atoms with E-state index in [1.807, 2.05) is 13.8 Å². The fourth-order valence-corrected chi connectivity index (χ4v) is 2.58. The SMILES string of the molecule is CCOc1cc(OCC)c(C(=O)C2CCCN2)cc1Cl. The van der Waals surface area contributed by atoms with Gasteiger partial charge in [0.25, 0.3) is 0 Å². The van der Waals surface area contributed by atoms with Gasteiger partial charge in [0, 0.05) is 6.07 Å². The number of hydrogen-bond donors (Lipinski definition) is 1. The molecule has 1 N–H and O–H groups in total. The molecular weight excluding hydrogens is 278 g/mol. The lowest BCUT2D eigenvalue weighted by Crippen LogP contribution is -2.31. The van der Waals surface area contributed by atoms with E-state index in [2.05, 4.69) is 5.32 Å². The molecule has 5 heteroatoms. The summed E-state index contributed by atoms with van der Waals surface area (Å²) in [6.45, 7) is 5.66. The Morgan fingerprint density at radius 3 is 2.60 bits per heavy atom. The Morgan fingerprint density at radius 2 is 2.00 bits per heavy atom. The summed E-state index contributed by atoms with van der Waals surface area (Å²) in [6.07, 6.45) is 1.88. The van der Waals surface area contributed by atoms with Crippen molar-refractivity contribution in [1.82, 2.24) is 5.32 Å². The van der Waals surface area contributed by atoms with Crippen molar-refractivity contribution in [3.05, 3.63) is 22.7 Å². The van der Waals surface area contributed by atoms with E-state index < -0.39 is 0 Å². The molecule has 1 saturated heterocycles. The number of nitrogens with one attached hydrogen (secondary N) is 1. The Balaban J connectivity index is 2.34. The smallest absolute Gasteiger partial charge is 0.183 e. The van der Waals surface area contributed by atoms with Gasteiger partial charge in [-0.25, -0.2) is 0 Å². The van der Waals surface area contributed by atoms with Crippen LogP contribution in [0.2, 0.25) is 5.02 Å². The van der Waals surface area contributed by atoms with Crippen LogP contribution in [0.15, 0.2) is 12.1 Å². The van der Waals surface area contributed by atoms with Gasteiger partial charge in [-0.05, 0) is 39.3 Å². The van der Waals surface area contributed by atoms with E-state index in [-0.39, 0.29) is 11.8 Å². The molecule has 1 aliphatic heterocycles. The highest BCUT2D eigenvalue weighted by molar-refractivity contribution is 6.32. The van der Waals surface area contributed by atoms with E-state index in [1.165, 1.54) is 0 Å². The first kappa shape index (κ1) is 15.1. The zero-order valence-corrected chi connectivity index (χ0v) is 12.6. The third kappa shape index (κ3) is 3.25. The summed E-state index contributed by atoms with van der Waals surface area (Å²) in [5.41, 5.74) is 0.528. The highest BCUT2D eigenvalue weighted by Crippen LogP contribution is 2.34. The van der Waals surface area contributed by atoms with Crippen LogP contribution < -0.4 is 14.8 Å². The lowest BCUT2D eigenvalue weighted by atomic mass is 10.0. The molecule has 1 atom stereocenters. The minimum Gasteiger partial charge on any atom is -0.493 e. The van der Waals surface area contributed by atoms with Crippen LogP contribution in [0.1, 0.15) is 37.0 Å². The van der Waals surface area contributed by atoms with Crippen molar-refractivity contribution in [1.29, 1.82) is 0 Å². The summed E-state index contributed by atoms with van der Waals surface area (Å²) in [4.78, 5) is 12.5. The second-order valence-corrected chi connectivity index (χ2v) is 5.07. The molecule has 1 aliphatic rings. The third-order valence-corrected chi connectivity index (χ3v) is 3.57. The highest BCUT2D eigenvalue weighted by atomic mass is 35.5. The number of halogens is 1. The summed E-state index contributed by atoms with van der Waals surface area (Å²) in [5.74, 6) is 1.13. The maximum absolute atomic E-state index is 12.5. The molecule has 110 valence electrons. The number of Topliss-reactive ketones (excluding diaryl/α,β-unsaturated/α-hetero) is 1. The van der Waals surface area contributed by atoms with Crippen molar-refractivity contribution in [2.75, 3.05) is 19.8 Å². The Hall–Kier alpha value is -1.26. The molecule has 0 spiro atoms. The van der Waals surface area contributed by atoms with Crippen molar-refractivity contribution in [2.24, 2.45) is 0 Å². The molecule has 20 heavy (non-hydrogen) atoms. The van der Waals surface area contributed by atoms with Crippen molar-refractivity contribution in [3.8, 4) is 11.5 Å². The molecule has 1 unspecified atom stereocenters. The van der Waals surface area contributed by atoms with E-state index in [4.69, 9.17) is 21.1 Å². The van der Waals surface area contributed by atoms with E-state index >= 15 is 0 Å². The first-order valence-electron chi connectivity index (χ1n) is 7.04. The highest BCUT2D eigenvalue weighted by Gasteiger charge is 2.26. The van der Waals surface area contributed by atoms with Crippen LogP contribution in [0.3, 0.4) is 0 Å². The summed E-state index contributed by atoms with van der Waals surface area (Å²) in [5, 5.41) is 3.65. The van der Waals surface area contributed by atoms with Gasteiger partial charge in [0.15, 0.2) is 5.78 Å². The van der Waals surface area contributed by atoms with E-state index in [1.54, 1.807) is 12.1 Å². The van der Waals surface area contributed by atoms with Crippen LogP contribution in [0.4, 0.5) is 0 Å². The molecule has 0 radical (unpaired) electrons.